The van der Waals surface area contributed by atoms with Gasteiger partial charge in [-0.1, -0.05) is 26.0 Å². The van der Waals surface area contributed by atoms with Crippen LogP contribution in [0.2, 0.25) is 0 Å². The molecule has 0 bridgehead atoms. The van der Waals surface area contributed by atoms with Crippen molar-refractivity contribution in [3.05, 3.63) is 34.9 Å². The predicted molar refractivity (Wildman–Crippen MR) is 68.4 cm³/mol. The van der Waals surface area contributed by atoms with E-state index in [1.807, 2.05) is 45.9 Å². The van der Waals surface area contributed by atoms with Gasteiger partial charge >= 0.3 is 0 Å². The normalized spacial score (nSPS) is 12.8. The number of rotatable bonds is 4. The number of aryl methyl sites for hydroxylation is 2. The first-order valence-corrected chi connectivity index (χ1v) is 6.77. The summed E-state index contributed by atoms with van der Waals surface area (Å²) in [6.45, 7) is 7.72. The Bertz CT molecular complexity index is 422. The summed E-state index contributed by atoms with van der Waals surface area (Å²) in [4.78, 5) is 11.8. The number of ketones is 1. The van der Waals surface area contributed by atoms with Crippen molar-refractivity contribution in [2.75, 3.05) is 5.75 Å². The van der Waals surface area contributed by atoms with E-state index in [2.05, 4.69) is 0 Å². The minimum atomic E-state index is -1.06. The number of Topliss-reactive ketones (excluding diaryl/α,β-unsaturated/α-hetero) is 1. The average Bonchev–Trinajstić information content (AvgIpc) is 2.21. The van der Waals surface area contributed by atoms with E-state index in [0.717, 1.165) is 5.56 Å². The van der Waals surface area contributed by atoms with E-state index >= 15 is 0 Å². The van der Waals surface area contributed by atoms with E-state index in [9.17, 15) is 9.00 Å². The number of carbonyl (C=O) groups excluding carboxylic acids is 1. The molecule has 0 fully saturated rings. The Balaban J connectivity index is 2.81. The minimum Gasteiger partial charge on any atom is -0.293 e. The van der Waals surface area contributed by atoms with Gasteiger partial charge in [0.05, 0.1) is 5.75 Å². The first-order chi connectivity index (χ1) is 7.41. The molecule has 0 radical (unpaired) electrons. The highest BCUT2D eigenvalue weighted by molar-refractivity contribution is 7.86. The zero-order valence-electron chi connectivity index (χ0n) is 10.2. The van der Waals surface area contributed by atoms with E-state index in [-0.39, 0.29) is 16.8 Å². The van der Waals surface area contributed by atoms with Crippen molar-refractivity contribution in [3.8, 4) is 0 Å². The second-order valence-electron chi connectivity index (χ2n) is 4.30. The van der Waals surface area contributed by atoms with Crippen molar-refractivity contribution in [2.24, 2.45) is 0 Å². The second kappa shape index (κ2) is 5.39. The Morgan fingerprint density at radius 3 is 2.38 bits per heavy atom. The van der Waals surface area contributed by atoms with Crippen LogP contribution >= 0.6 is 0 Å². The van der Waals surface area contributed by atoms with Gasteiger partial charge in [0, 0.05) is 21.6 Å². The predicted octanol–water partition coefficient (Wildman–Crippen LogP) is 2.64. The molecule has 1 aromatic carbocycles. The Morgan fingerprint density at radius 1 is 1.25 bits per heavy atom. The third-order valence-electron chi connectivity index (χ3n) is 2.63. The van der Waals surface area contributed by atoms with Gasteiger partial charge in [0.2, 0.25) is 0 Å². The van der Waals surface area contributed by atoms with Crippen LogP contribution in [0, 0.1) is 13.8 Å². The first kappa shape index (κ1) is 13.1. The van der Waals surface area contributed by atoms with Crippen LogP contribution in [0.4, 0.5) is 0 Å². The molecule has 88 valence electrons. The van der Waals surface area contributed by atoms with Crippen LogP contribution in [-0.2, 0) is 10.8 Å². The highest BCUT2D eigenvalue weighted by atomic mass is 32.2. The lowest BCUT2D eigenvalue weighted by molar-refractivity contribution is 0.102. The monoisotopic (exact) mass is 238 g/mol. The molecule has 0 saturated carbocycles. The Labute approximate surface area is 99.5 Å². The number of carbonyl (C=O) groups is 1. The minimum absolute atomic E-state index is 0.0323. The third-order valence-corrected chi connectivity index (χ3v) is 4.23. The number of hydrogen-bond acceptors (Lipinski definition) is 2. The van der Waals surface area contributed by atoms with E-state index in [0.29, 0.717) is 5.56 Å². The highest BCUT2D eigenvalue weighted by Gasteiger charge is 2.13. The summed E-state index contributed by atoms with van der Waals surface area (Å²) in [6.07, 6.45) is 0. The maximum atomic E-state index is 11.8. The molecule has 0 amide bonds. The molecule has 0 N–H and O–H groups in total. The summed E-state index contributed by atoms with van der Waals surface area (Å²) in [5.74, 6) is 0.0929. The topological polar surface area (TPSA) is 34.1 Å². The largest absolute Gasteiger partial charge is 0.293 e. The molecule has 1 rings (SSSR count). The lowest BCUT2D eigenvalue weighted by atomic mass is 10.0. The summed E-state index contributed by atoms with van der Waals surface area (Å²) < 4.78 is 11.6. The van der Waals surface area contributed by atoms with Gasteiger partial charge in [0.25, 0.3) is 0 Å². The molecule has 0 saturated heterocycles. The fourth-order valence-electron chi connectivity index (χ4n) is 1.29. The lowest BCUT2D eigenvalue weighted by Gasteiger charge is -2.06. The molecule has 0 aliphatic rings. The molecule has 0 aromatic heterocycles. The van der Waals surface area contributed by atoms with Crippen LogP contribution < -0.4 is 0 Å². The standard InChI is InChI=1S/C13H18O2S/c1-9(2)16(15)8-13(14)12-6-5-10(3)11(4)7-12/h5-7,9H,8H2,1-4H3. The van der Waals surface area contributed by atoms with Crippen LogP contribution in [0.3, 0.4) is 0 Å². The van der Waals surface area contributed by atoms with Gasteiger partial charge in [-0.3, -0.25) is 9.00 Å². The van der Waals surface area contributed by atoms with E-state index in [4.69, 9.17) is 0 Å². The van der Waals surface area contributed by atoms with Gasteiger partial charge < -0.3 is 0 Å². The summed E-state index contributed by atoms with van der Waals surface area (Å²) in [5.41, 5.74) is 2.93. The molecule has 0 aliphatic heterocycles. The maximum absolute atomic E-state index is 11.8. The smallest absolute Gasteiger partial charge is 0.175 e. The van der Waals surface area contributed by atoms with Crippen molar-refractivity contribution >= 4 is 16.6 Å². The van der Waals surface area contributed by atoms with Crippen LogP contribution in [0.15, 0.2) is 18.2 Å². The van der Waals surface area contributed by atoms with Crippen molar-refractivity contribution < 1.29 is 9.00 Å². The summed E-state index contributed by atoms with van der Waals surface area (Å²) in [7, 11) is -1.06. The van der Waals surface area contributed by atoms with Crippen LogP contribution in [0.25, 0.3) is 0 Å². The molecule has 0 aliphatic carbocycles. The van der Waals surface area contributed by atoms with Gasteiger partial charge in [-0.2, -0.15) is 0 Å². The van der Waals surface area contributed by atoms with Gasteiger partial charge in [0.1, 0.15) is 0 Å². The fraction of sp³-hybridized carbons (Fsp3) is 0.462. The van der Waals surface area contributed by atoms with E-state index < -0.39 is 10.8 Å². The number of benzene rings is 1. The van der Waals surface area contributed by atoms with Crippen molar-refractivity contribution in [2.45, 2.75) is 32.9 Å². The zero-order chi connectivity index (χ0) is 12.3. The second-order valence-corrected chi connectivity index (χ2v) is 6.29. The fourth-order valence-corrected chi connectivity index (χ4v) is 2.05. The molecule has 3 heteroatoms. The number of hydrogen-bond donors (Lipinski definition) is 0. The molecule has 16 heavy (non-hydrogen) atoms. The Hall–Kier alpha value is -0.960. The summed E-state index contributed by atoms with van der Waals surface area (Å²) >= 11 is 0. The van der Waals surface area contributed by atoms with E-state index in [1.54, 1.807) is 0 Å². The highest BCUT2D eigenvalue weighted by Crippen LogP contribution is 2.11. The third kappa shape index (κ3) is 3.27. The van der Waals surface area contributed by atoms with Crippen molar-refractivity contribution in [1.29, 1.82) is 0 Å². The molecule has 2 nitrogen and oxygen atoms in total. The Morgan fingerprint density at radius 2 is 1.88 bits per heavy atom. The van der Waals surface area contributed by atoms with Crippen LogP contribution in [-0.4, -0.2) is 21.0 Å². The van der Waals surface area contributed by atoms with Gasteiger partial charge in [-0.05, 0) is 31.0 Å². The van der Waals surface area contributed by atoms with Crippen LogP contribution in [0.5, 0.6) is 0 Å². The molecular weight excluding hydrogens is 220 g/mol. The van der Waals surface area contributed by atoms with Gasteiger partial charge in [-0.15, -0.1) is 0 Å². The molecule has 1 aromatic rings. The maximum Gasteiger partial charge on any atom is 0.175 e. The summed E-state index contributed by atoms with van der Waals surface area (Å²) in [5, 5.41) is 0.0375. The molecule has 0 heterocycles. The zero-order valence-corrected chi connectivity index (χ0v) is 11.1. The van der Waals surface area contributed by atoms with Gasteiger partial charge in [0.15, 0.2) is 5.78 Å². The first-order valence-electron chi connectivity index (χ1n) is 5.39. The Kier molecular flexibility index (Phi) is 4.42. The van der Waals surface area contributed by atoms with Crippen LogP contribution in [0.1, 0.15) is 35.3 Å². The van der Waals surface area contributed by atoms with Crippen molar-refractivity contribution in [3.63, 3.8) is 0 Å². The van der Waals surface area contributed by atoms with E-state index in [1.165, 1.54) is 5.56 Å². The quantitative estimate of drug-likeness (QED) is 0.756. The average molecular weight is 238 g/mol. The molecule has 1 unspecified atom stereocenters. The molecule has 0 spiro atoms. The lowest BCUT2D eigenvalue weighted by Crippen LogP contribution is -2.17. The molecule has 1 atom stereocenters. The SMILES string of the molecule is Cc1ccc(C(=O)CS(=O)C(C)C)cc1C. The van der Waals surface area contributed by atoms with Gasteiger partial charge in [-0.25, -0.2) is 0 Å². The molecular formula is C13H18O2S. The van der Waals surface area contributed by atoms with Crippen molar-refractivity contribution in [1.82, 2.24) is 0 Å². The summed E-state index contributed by atoms with van der Waals surface area (Å²) in [6, 6.07) is 5.61.